The van der Waals surface area contributed by atoms with Crippen LogP contribution in [0.15, 0.2) is 35.0 Å². The minimum atomic E-state index is -0.951. The second kappa shape index (κ2) is 4.28. The third-order valence-corrected chi connectivity index (χ3v) is 3.02. The maximum atomic E-state index is 10.7. The lowest BCUT2D eigenvalue weighted by Crippen LogP contribution is -1.95. The predicted octanol–water partition coefficient (Wildman–Crippen LogP) is 2.93. The molecule has 1 aromatic carbocycles. The maximum Gasteiger partial charge on any atom is 0.335 e. The summed E-state index contributed by atoms with van der Waals surface area (Å²) in [6, 6.07) is 6.48. The van der Waals surface area contributed by atoms with Gasteiger partial charge >= 0.3 is 5.97 Å². The fourth-order valence-corrected chi connectivity index (χ4v) is 2.23. The Balaban J connectivity index is 2.42. The van der Waals surface area contributed by atoms with Crippen molar-refractivity contribution in [2.45, 2.75) is 0 Å². The van der Waals surface area contributed by atoms with Gasteiger partial charge in [0.25, 0.3) is 0 Å². The number of hydrogen-bond acceptors (Lipinski definition) is 3. The van der Waals surface area contributed by atoms with Gasteiger partial charge in [0.1, 0.15) is 0 Å². The lowest BCUT2D eigenvalue weighted by atomic mass is 10.0. The number of carboxylic acid groups (broad SMARTS) is 1. The third kappa shape index (κ3) is 1.87. The molecule has 0 atom stereocenters. The highest BCUT2D eigenvalue weighted by molar-refractivity contribution is 7.08. The molecule has 0 radical (unpaired) electrons. The summed E-state index contributed by atoms with van der Waals surface area (Å²) in [5.74, 6) is -0.951. The highest BCUT2D eigenvalue weighted by atomic mass is 32.1. The molecule has 1 aromatic heterocycles. The Bertz CT molecular complexity index is 525. The van der Waals surface area contributed by atoms with Gasteiger partial charge in [-0.05, 0) is 23.1 Å². The van der Waals surface area contributed by atoms with Crippen molar-refractivity contribution in [3.8, 4) is 11.1 Å². The van der Waals surface area contributed by atoms with Crippen molar-refractivity contribution in [1.82, 2.24) is 0 Å². The molecule has 0 unspecified atom stereocenters. The standard InChI is InChI=1S/C12H8O3S/c13-5-10-6-16-7-11(10)8-1-3-9(4-2-8)12(14)15/h1-7H,(H,14,15). The van der Waals surface area contributed by atoms with Crippen LogP contribution < -0.4 is 0 Å². The molecule has 0 saturated carbocycles. The average molecular weight is 232 g/mol. The van der Waals surface area contributed by atoms with E-state index in [-0.39, 0.29) is 5.56 Å². The molecule has 3 nitrogen and oxygen atoms in total. The third-order valence-electron chi connectivity index (χ3n) is 2.26. The molecule has 0 aliphatic carbocycles. The summed E-state index contributed by atoms with van der Waals surface area (Å²) in [4.78, 5) is 21.4. The zero-order valence-corrected chi connectivity index (χ0v) is 9.03. The van der Waals surface area contributed by atoms with Crippen LogP contribution in [0, 0.1) is 0 Å². The second-order valence-corrected chi connectivity index (χ2v) is 3.98. The first-order chi connectivity index (χ1) is 7.72. The summed E-state index contributed by atoms with van der Waals surface area (Å²) in [5.41, 5.74) is 2.57. The van der Waals surface area contributed by atoms with E-state index in [4.69, 9.17) is 5.11 Å². The second-order valence-electron chi connectivity index (χ2n) is 3.24. The first-order valence-corrected chi connectivity index (χ1v) is 5.52. The summed E-state index contributed by atoms with van der Waals surface area (Å²) >= 11 is 1.45. The van der Waals surface area contributed by atoms with Crippen molar-refractivity contribution < 1.29 is 14.7 Å². The highest BCUT2D eigenvalue weighted by Gasteiger charge is 2.07. The van der Waals surface area contributed by atoms with Crippen LogP contribution in [0.25, 0.3) is 11.1 Å². The molecule has 16 heavy (non-hydrogen) atoms. The Labute approximate surface area is 96.0 Å². The van der Waals surface area contributed by atoms with E-state index in [2.05, 4.69) is 0 Å². The largest absolute Gasteiger partial charge is 0.478 e. The summed E-state index contributed by atoms with van der Waals surface area (Å²) in [5, 5.41) is 12.4. The number of carboxylic acids is 1. The van der Waals surface area contributed by atoms with Gasteiger partial charge in [-0.1, -0.05) is 12.1 Å². The van der Waals surface area contributed by atoms with Crippen LogP contribution in [0.4, 0.5) is 0 Å². The number of rotatable bonds is 3. The van der Waals surface area contributed by atoms with E-state index in [0.717, 1.165) is 17.4 Å². The molecule has 80 valence electrons. The molecule has 0 spiro atoms. The first kappa shape index (κ1) is 10.6. The summed E-state index contributed by atoms with van der Waals surface area (Å²) in [6.45, 7) is 0. The molecule has 0 aliphatic rings. The van der Waals surface area contributed by atoms with Gasteiger partial charge in [0, 0.05) is 16.5 Å². The molecule has 2 aromatic rings. The fraction of sp³-hybridized carbons (Fsp3) is 0. The predicted molar refractivity (Wildman–Crippen MR) is 62.1 cm³/mol. The monoisotopic (exact) mass is 232 g/mol. The van der Waals surface area contributed by atoms with E-state index in [1.54, 1.807) is 17.5 Å². The van der Waals surface area contributed by atoms with Crippen molar-refractivity contribution in [3.05, 3.63) is 46.2 Å². The molecule has 0 saturated heterocycles. The lowest BCUT2D eigenvalue weighted by molar-refractivity contribution is 0.0696. The first-order valence-electron chi connectivity index (χ1n) is 4.57. The SMILES string of the molecule is O=Cc1cscc1-c1ccc(C(=O)O)cc1. The van der Waals surface area contributed by atoms with Crippen LogP contribution in [0.5, 0.6) is 0 Å². The van der Waals surface area contributed by atoms with E-state index < -0.39 is 5.97 Å². The number of thiophene rings is 1. The molecule has 4 heteroatoms. The van der Waals surface area contributed by atoms with Crippen molar-refractivity contribution in [1.29, 1.82) is 0 Å². The minimum absolute atomic E-state index is 0.242. The van der Waals surface area contributed by atoms with Gasteiger partial charge in [0.15, 0.2) is 6.29 Å². The van der Waals surface area contributed by atoms with Gasteiger partial charge in [-0.15, -0.1) is 0 Å². The molecule has 0 amide bonds. The maximum absolute atomic E-state index is 10.7. The summed E-state index contributed by atoms with van der Waals surface area (Å²) < 4.78 is 0. The zero-order chi connectivity index (χ0) is 11.5. The summed E-state index contributed by atoms with van der Waals surface area (Å²) in [6.07, 6.45) is 0.803. The van der Waals surface area contributed by atoms with Gasteiger partial charge in [0.05, 0.1) is 5.56 Å². The smallest absolute Gasteiger partial charge is 0.335 e. The van der Waals surface area contributed by atoms with Gasteiger partial charge < -0.3 is 5.11 Å². The van der Waals surface area contributed by atoms with Gasteiger partial charge in [-0.2, -0.15) is 11.3 Å². The zero-order valence-electron chi connectivity index (χ0n) is 8.21. The number of aromatic carboxylic acids is 1. The van der Waals surface area contributed by atoms with E-state index in [1.807, 2.05) is 5.38 Å². The molecule has 2 rings (SSSR count). The van der Waals surface area contributed by atoms with Crippen LogP contribution in [0.3, 0.4) is 0 Å². The van der Waals surface area contributed by atoms with Crippen molar-refractivity contribution in [3.63, 3.8) is 0 Å². The molecule has 0 aliphatic heterocycles. The Morgan fingerprint density at radius 1 is 1.19 bits per heavy atom. The Morgan fingerprint density at radius 2 is 1.88 bits per heavy atom. The van der Waals surface area contributed by atoms with E-state index in [0.29, 0.717) is 5.56 Å². The Hall–Kier alpha value is -1.94. The Kier molecular flexibility index (Phi) is 2.83. The van der Waals surface area contributed by atoms with E-state index in [9.17, 15) is 9.59 Å². The number of benzene rings is 1. The molecule has 0 bridgehead atoms. The van der Waals surface area contributed by atoms with Gasteiger partial charge in [-0.25, -0.2) is 4.79 Å². The van der Waals surface area contributed by atoms with Crippen molar-refractivity contribution >= 4 is 23.6 Å². The van der Waals surface area contributed by atoms with Gasteiger partial charge in [0.2, 0.25) is 0 Å². The molecular weight excluding hydrogens is 224 g/mol. The van der Waals surface area contributed by atoms with E-state index in [1.165, 1.54) is 23.5 Å². The summed E-state index contributed by atoms with van der Waals surface area (Å²) in [7, 11) is 0. The van der Waals surface area contributed by atoms with Crippen LogP contribution in [0.2, 0.25) is 0 Å². The molecule has 0 fully saturated rings. The van der Waals surface area contributed by atoms with E-state index >= 15 is 0 Å². The van der Waals surface area contributed by atoms with Crippen LogP contribution in [0.1, 0.15) is 20.7 Å². The number of aldehydes is 1. The van der Waals surface area contributed by atoms with Crippen LogP contribution >= 0.6 is 11.3 Å². The lowest BCUT2D eigenvalue weighted by Gasteiger charge is -2.00. The van der Waals surface area contributed by atoms with Crippen molar-refractivity contribution in [2.75, 3.05) is 0 Å². The number of hydrogen-bond donors (Lipinski definition) is 1. The number of carbonyl (C=O) groups excluding carboxylic acids is 1. The molecular formula is C12H8O3S. The minimum Gasteiger partial charge on any atom is -0.478 e. The van der Waals surface area contributed by atoms with Crippen LogP contribution in [-0.2, 0) is 0 Å². The molecule has 1 N–H and O–H groups in total. The topological polar surface area (TPSA) is 54.4 Å². The molecule has 1 heterocycles. The average Bonchev–Trinajstić information content (AvgIpc) is 2.77. The fourth-order valence-electron chi connectivity index (χ4n) is 1.43. The van der Waals surface area contributed by atoms with Crippen molar-refractivity contribution in [2.24, 2.45) is 0 Å². The Morgan fingerprint density at radius 3 is 2.44 bits per heavy atom. The number of carbonyl (C=O) groups is 2. The highest BCUT2D eigenvalue weighted by Crippen LogP contribution is 2.26. The van der Waals surface area contributed by atoms with Gasteiger partial charge in [-0.3, -0.25) is 4.79 Å². The van der Waals surface area contributed by atoms with Crippen LogP contribution in [-0.4, -0.2) is 17.4 Å². The quantitative estimate of drug-likeness (QED) is 0.828. The normalized spacial score (nSPS) is 10.0.